The molecule has 1 aliphatic rings. The molecule has 0 aliphatic carbocycles. The van der Waals surface area contributed by atoms with Crippen molar-refractivity contribution in [2.75, 3.05) is 13.1 Å². The zero-order valence-corrected chi connectivity index (χ0v) is 16.6. The zero-order chi connectivity index (χ0) is 23.0. The highest BCUT2D eigenvalue weighted by Gasteiger charge is 2.38. The van der Waals surface area contributed by atoms with Crippen molar-refractivity contribution in [3.8, 4) is 6.01 Å². The molecule has 2 aromatic rings. The summed E-state index contributed by atoms with van der Waals surface area (Å²) in [5.41, 5.74) is -2.38. The summed E-state index contributed by atoms with van der Waals surface area (Å²) in [6, 6.07) is 2.73. The SMILES string of the molecule is Cc1cc(C)nc(OC2CCCN(C(=O)c3cc(C(F)(F)F)cc(C(F)(F)F)c3)C2)n1. The number of benzene rings is 1. The van der Waals surface area contributed by atoms with Crippen molar-refractivity contribution >= 4 is 5.91 Å². The molecule has 1 fully saturated rings. The maximum Gasteiger partial charge on any atom is 0.416 e. The lowest BCUT2D eigenvalue weighted by molar-refractivity contribution is -0.143. The first-order valence-electron chi connectivity index (χ1n) is 9.40. The van der Waals surface area contributed by atoms with Crippen LogP contribution < -0.4 is 4.74 Å². The molecule has 1 amide bonds. The van der Waals surface area contributed by atoms with Crippen LogP contribution in [0.5, 0.6) is 6.01 Å². The number of amides is 1. The van der Waals surface area contributed by atoms with E-state index < -0.39 is 41.1 Å². The highest BCUT2D eigenvalue weighted by molar-refractivity contribution is 5.94. The molecule has 1 saturated heterocycles. The second-order valence-corrected chi connectivity index (χ2v) is 7.36. The number of rotatable bonds is 3. The Kier molecular flexibility index (Phi) is 6.15. The Balaban J connectivity index is 1.83. The molecule has 31 heavy (non-hydrogen) atoms. The van der Waals surface area contributed by atoms with Gasteiger partial charge in [0.2, 0.25) is 0 Å². The van der Waals surface area contributed by atoms with E-state index in [9.17, 15) is 31.1 Å². The number of likely N-dealkylation sites (tertiary alicyclic amines) is 1. The lowest BCUT2D eigenvalue weighted by Gasteiger charge is -2.32. The molecule has 11 heteroatoms. The number of hydrogen-bond acceptors (Lipinski definition) is 4. The Morgan fingerprint density at radius 2 is 1.52 bits per heavy atom. The van der Waals surface area contributed by atoms with E-state index in [2.05, 4.69) is 9.97 Å². The number of ether oxygens (including phenoxy) is 1. The van der Waals surface area contributed by atoms with Crippen molar-refractivity contribution in [3.63, 3.8) is 0 Å². The van der Waals surface area contributed by atoms with Gasteiger partial charge in [0, 0.05) is 23.5 Å². The summed E-state index contributed by atoms with van der Waals surface area (Å²) in [5, 5.41) is 0. The van der Waals surface area contributed by atoms with Gasteiger partial charge < -0.3 is 9.64 Å². The zero-order valence-electron chi connectivity index (χ0n) is 16.6. The van der Waals surface area contributed by atoms with Crippen LogP contribution in [0.25, 0.3) is 0 Å². The number of alkyl halides is 6. The van der Waals surface area contributed by atoms with Gasteiger partial charge in [0.05, 0.1) is 17.7 Å². The fourth-order valence-electron chi connectivity index (χ4n) is 3.38. The molecular weight excluding hydrogens is 428 g/mol. The minimum atomic E-state index is -5.02. The second-order valence-electron chi connectivity index (χ2n) is 7.36. The minimum Gasteiger partial charge on any atom is -0.458 e. The van der Waals surface area contributed by atoms with E-state index in [4.69, 9.17) is 4.74 Å². The summed E-state index contributed by atoms with van der Waals surface area (Å²) < 4.78 is 84.2. The van der Waals surface area contributed by atoms with E-state index in [1.165, 1.54) is 4.90 Å². The van der Waals surface area contributed by atoms with Gasteiger partial charge in [0.15, 0.2) is 0 Å². The lowest BCUT2D eigenvalue weighted by atomic mass is 10.0. The topological polar surface area (TPSA) is 55.3 Å². The normalized spacial score (nSPS) is 17.5. The summed E-state index contributed by atoms with van der Waals surface area (Å²) in [4.78, 5) is 22.2. The fraction of sp³-hybridized carbons (Fsp3) is 0.450. The summed E-state index contributed by atoms with van der Waals surface area (Å²) in [7, 11) is 0. The predicted octanol–water partition coefficient (Wildman–Crippen LogP) is 4.81. The number of aryl methyl sites for hydroxylation is 2. The summed E-state index contributed by atoms with van der Waals surface area (Å²) in [6.45, 7) is 3.69. The van der Waals surface area contributed by atoms with Crippen molar-refractivity contribution in [1.29, 1.82) is 0 Å². The first-order valence-corrected chi connectivity index (χ1v) is 9.40. The lowest BCUT2D eigenvalue weighted by Crippen LogP contribution is -2.44. The van der Waals surface area contributed by atoms with Crippen molar-refractivity contribution in [2.45, 2.75) is 45.1 Å². The first kappa shape index (κ1) is 22.8. The van der Waals surface area contributed by atoms with Crippen LogP contribution in [0.1, 0.15) is 45.7 Å². The van der Waals surface area contributed by atoms with Crippen molar-refractivity contribution in [3.05, 3.63) is 52.3 Å². The monoisotopic (exact) mass is 447 g/mol. The van der Waals surface area contributed by atoms with E-state index in [0.29, 0.717) is 36.4 Å². The molecule has 1 atom stereocenters. The number of aromatic nitrogens is 2. The van der Waals surface area contributed by atoms with E-state index in [-0.39, 0.29) is 25.2 Å². The molecule has 2 heterocycles. The van der Waals surface area contributed by atoms with Crippen LogP contribution in [0.3, 0.4) is 0 Å². The number of hydrogen-bond donors (Lipinski definition) is 0. The van der Waals surface area contributed by atoms with Crippen LogP contribution >= 0.6 is 0 Å². The van der Waals surface area contributed by atoms with E-state index >= 15 is 0 Å². The standard InChI is InChI=1S/C20H19F6N3O2/c1-11-6-12(2)28-18(27-11)31-16-4-3-5-29(10-16)17(30)13-7-14(19(21,22)23)9-15(8-13)20(24,25)26/h6-9,16H,3-5,10H2,1-2H3. The van der Waals surface area contributed by atoms with Gasteiger partial charge in [0.25, 0.3) is 5.91 Å². The molecule has 3 rings (SSSR count). The molecule has 0 bridgehead atoms. The molecule has 0 N–H and O–H groups in total. The maximum atomic E-state index is 13.1. The highest BCUT2D eigenvalue weighted by atomic mass is 19.4. The molecule has 168 valence electrons. The Morgan fingerprint density at radius 1 is 0.968 bits per heavy atom. The predicted molar refractivity (Wildman–Crippen MR) is 97.5 cm³/mol. The Bertz CT molecular complexity index is 922. The van der Waals surface area contributed by atoms with Gasteiger partial charge in [-0.25, -0.2) is 9.97 Å². The van der Waals surface area contributed by atoms with Gasteiger partial charge in [-0.2, -0.15) is 26.3 Å². The van der Waals surface area contributed by atoms with E-state index in [1.807, 2.05) is 0 Å². The molecule has 1 aromatic carbocycles. The Morgan fingerprint density at radius 3 is 2.03 bits per heavy atom. The van der Waals surface area contributed by atoms with Crippen LogP contribution in [-0.4, -0.2) is 40.0 Å². The fourth-order valence-corrected chi connectivity index (χ4v) is 3.38. The third kappa shape index (κ3) is 5.65. The average Bonchev–Trinajstić information content (AvgIpc) is 2.65. The van der Waals surface area contributed by atoms with Crippen LogP contribution in [0.4, 0.5) is 26.3 Å². The van der Waals surface area contributed by atoms with Crippen LogP contribution in [-0.2, 0) is 12.4 Å². The maximum absolute atomic E-state index is 13.1. The van der Waals surface area contributed by atoms with E-state index in [0.717, 1.165) is 0 Å². The number of carbonyl (C=O) groups is 1. The van der Waals surface area contributed by atoms with Gasteiger partial charge in [-0.1, -0.05) is 0 Å². The molecule has 0 saturated carbocycles. The highest BCUT2D eigenvalue weighted by Crippen LogP contribution is 2.36. The Hall–Kier alpha value is -2.85. The van der Waals surface area contributed by atoms with Crippen LogP contribution in [0.15, 0.2) is 24.3 Å². The number of halogens is 6. The quantitative estimate of drug-likeness (QED) is 0.634. The summed E-state index contributed by atoms with van der Waals surface area (Å²) >= 11 is 0. The second kappa shape index (κ2) is 8.35. The smallest absolute Gasteiger partial charge is 0.416 e. The summed E-state index contributed by atoms with van der Waals surface area (Å²) in [5.74, 6) is -0.925. The molecule has 1 aromatic heterocycles. The molecular formula is C20H19F6N3O2. The van der Waals surface area contributed by atoms with Crippen LogP contribution in [0.2, 0.25) is 0 Å². The van der Waals surface area contributed by atoms with E-state index in [1.54, 1.807) is 19.9 Å². The third-order valence-electron chi connectivity index (χ3n) is 4.73. The van der Waals surface area contributed by atoms with Gasteiger partial charge in [-0.3, -0.25) is 4.79 Å². The molecule has 1 unspecified atom stereocenters. The van der Waals surface area contributed by atoms with Gasteiger partial charge >= 0.3 is 18.4 Å². The molecule has 5 nitrogen and oxygen atoms in total. The number of nitrogens with zero attached hydrogens (tertiary/aromatic N) is 3. The Labute approximate surface area is 174 Å². The van der Waals surface area contributed by atoms with Gasteiger partial charge in [0.1, 0.15) is 6.10 Å². The third-order valence-corrected chi connectivity index (χ3v) is 4.73. The molecule has 0 radical (unpaired) electrons. The number of carbonyl (C=O) groups excluding carboxylic acids is 1. The van der Waals surface area contributed by atoms with Crippen molar-refractivity contribution < 1.29 is 35.9 Å². The first-order chi connectivity index (χ1) is 14.3. The average molecular weight is 447 g/mol. The molecule has 0 spiro atoms. The van der Waals surface area contributed by atoms with Gasteiger partial charge in [-0.05, 0) is 51.0 Å². The minimum absolute atomic E-state index is 0.00366. The van der Waals surface area contributed by atoms with Crippen molar-refractivity contribution in [1.82, 2.24) is 14.9 Å². The number of piperidine rings is 1. The van der Waals surface area contributed by atoms with Gasteiger partial charge in [-0.15, -0.1) is 0 Å². The van der Waals surface area contributed by atoms with Crippen LogP contribution in [0, 0.1) is 13.8 Å². The van der Waals surface area contributed by atoms with Crippen molar-refractivity contribution in [2.24, 2.45) is 0 Å². The largest absolute Gasteiger partial charge is 0.458 e. The molecule has 1 aliphatic heterocycles. The summed E-state index contributed by atoms with van der Waals surface area (Å²) in [6.07, 6.45) is -9.58.